The lowest BCUT2D eigenvalue weighted by Crippen LogP contribution is -2.44. The van der Waals surface area contributed by atoms with Gasteiger partial charge in [0.1, 0.15) is 23.0 Å². The van der Waals surface area contributed by atoms with Gasteiger partial charge in [0.15, 0.2) is 0 Å². The average molecular weight is 332 g/mol. The molecule has 0 bridgehead atoms. The third-order valence-electron chi connectivity index (χ3n) is 4.14. The number of anilines is 1. The fourth-order valence-electron chi connectivity index (χ4n) is 2.92. The molecule has 2 atom stereocenters. The summed E-state index contributed by atoms with van der Waals surface area (Å²) in [5.74, 6) is -1.85. The molecule has 0 spiro atoms. The summed E-state index contributed by atoms with van der Waals surface area (Å²) in [5, 5.41) is 5.96. The van der Waals surface area contributed by atoms with Crippen LogP contribution in [0.5, 0.6) is 0 Å². The van der Waals surface area contributed by atoms with E-state index in [0.717, 1.165) is 37.1 Å². The van der Waals surface area contributed by atoms with Crippen molar-refractivity contribution in [2.75, 3.05) is 5.32 Å². The zero-order chi connectivity index (χ0) is 17.1. The van der Waals surface area contributed by atoms with Crippen LogP contribution in [0.2, 0.25) is 0 Å². The third kappa shape index (κ3) is 3.50. The van der Waals surface area contributed by atoms with E-state index in [9.17, 15) is 13.6 Å². The van der Waals surface area contributed by atoms with Crippen LogP contribution < -0.4 is 10.6 Å². The van der Waals surface area contributed by atoms with E-state index in [1.165, 1.54) is 6.07 Å². The molecule has 0 unspecified atom stereocenters. The van der Waals surface area contributed by atoms with Crippen molar-refractivity contribution in [1.29, 1.82) is 0 Å². The van der Waals surface area contributed by atoms with Gasteiger partial charge >= 0.3 is 0 Å². The van der Waals surface area contributed by atoms with Crippen molar-refractivity contribution in [3.8, 4) is 0 Å². The fraction of sp³-hybridized carbons (Fsp3) is 0.353. The molecule has 3 rings (SSSR count). The lowest BCUT2D eigenvalue weighted by atomic mass is 10.1. The molecular formula is C17H18F2N4O. The Morgan fingerprint density at radius 3 is 2.50 bits per heavy atom. The van der Waals surface area contributed by atoms with Gasteiger partial charge < -0.3 is 10.6 Å². The second-order valence-corrected chi connectivity index (χ2v) is 5.90. The van der Waals surface area contributed by atoms with Crippen LogP contribution in [0.4, 0.5) is 14.6 Å². The van der Waals surface area contributed by atoms with Crippen LogP contribution in [0.3, 0.4) is 0 Å². The molecule has 2 aromatic rings. The van der Waals surface area contributed by atoms with Gasteiger partial charge in [0, 0.05) is 12.1 Å². The summed E-state index contributed by atoms with van der Waals surface area (Å²) < 4.78 is 27.4. The summed E-state index contributed by atoms with van der Waals surface area (Å²) in [4.78, 5) is 20.6. The van der Waals surface area contributed by atoms with Gasteiger partial charge in [0.05, 0.1) is 18.1 Å². The summed E-state index contributed by atoms with van der Waals surface area (Å²) in [5.41, 5.74) is 0.269. The number of aromatic nitrogens is 2. The highest BCUT2D eigenvalue weighted by atomic mass is 19.1. The van der Waals surface area contributed by atoms with Crippen LogP contribution in [-0.4, -0.2) is 28.0 Å². The lowest BCUT2D eigenvalue weighted by molar-refractivity contribution is 0.0927. The maximum Gasteiger partial charge on any atom is 0.257 e. The van der Waals surface area contributed by atoms with E-state index >= 15 is 0 Å². The highest BCUT2D eigenvalue weighted by Crippen LogP contribution is 2.23. The zero-order valence-corrected chi connectivity index (χ0v) is 13.2. The van der Waals surface area contributed by atoms with E-state index in [1.54, 1.807) is 12.4 Å². The molecule has 1 aliphatic rings. The molecule has 126 valence electrons. The quantitative estimate of drug-likeness (QED) is 0.903. The summed E-state index contributed by atoms with van der Waals surface area (Å²) in [7, 11) is 0. The third-order valence-corrected chi connectivity index (χ3v) is 4.14. The maximum absolute atomic E-state index is 13.7. The van der Waals surface area contributed by atoms with E-state index < -0.39 is 23.1 Å². The molecule has 7 heteroatoms. The SMILES string of the molecule is Cc1cnc(N[C@H]2CCC[C@@H]2NC(=O)c2c(F)cccc2F)cn1. The highest BCUT2D eigenvalue weighted by molar-refractivity contribution is 5.95. The Morgan fingerprint density at radius 1 is 1.12 bits per heavy atom. The highest BCUT2D eigenvalue weighted by Gasteiger charge is 2.30. The Kier molecular flexibility index (Phi) is 4.69. The van der Waals surface area contributed by atoms with Crippen LogP contribution in [-0.2, 0) is 0 Å². The van der Waals surface area contributed by atoms with Crippen LogP contribution in [0.25, 0.3) is 0 Å². The normalized spacial score (nSPS) is 20.0. The van der Waals surface area contributed by atoms with E-state index in [2.05, 4.69) is 20.6 Å². The topological polar surface area (TPSA) is 66.9 Å². The van der Waals surface area contributed by atoms with Gasteiger partial charge in [-0.3, -0.25) is 9.78 Å². The van der Waals surface area contributed by atoms with Crippen molar-refractivity contribution in [2.24, 2.45) is 0 Å². The smallest absolute Gasteiger partial charge is 0.257 e. The van der Waals surface area contributed by atoms with Gasteiger partial charge in [0.25, 0.3) is 5.91 Å². The first kappa shape index (κ1) is 16.3. The molecule has 24 heavy (non-hydrogen) atoms. The van der Waals surface area contributed by atoms with Crippen molar-refractivity contribution in [1.82, 2.24) is 15.3 Å². The monoisotopic (exact) mass is 332 g/mol. The second-order valence-electron chi connectivity index (χ2n) is 5.90. The Bertz CT molecular complexity index is 716. The number of benzene rings is 1. The number of carbonyl (C=O) groups excluding carboxylic acids is 1. The summed E-state index contributed by atoms with van der Waals surface area (Å²) in [6.07, 6.45) is 5.75. The molecule has 0 radical (unpaired) electrons. The second kappa shape index (κ2) is 6.90. The molecule has 1 aromatic carbocycles. The molecule has 0 saturated heterocycles. The molecule has 1 fully saturated rings. The molecule has 1 saturated carbocycles. The Hall–Kier alpha value is -2.57. The van der Waals surface area contributed by atoms with Gasteiger partial charge in [-0.25, -0.2) is 13.8 Å². The molecule has 0 aliphatic heterocycles. The zero-order valence-electron chi connectivity index (χ0n) is 13.2. The Morgan fingerprint density at radius 2 is 1.83 bits per heavy atom. The predicted molar refractivity (Wildman–Crippen MR) is 85.6 cm³/mol. The fourth-order valence-corrected chi connectivity index (χ4v) is 2.92. The largest absolute Gasteiger partial charge is 0.364 e. The number of nitrogens with zero attached hydrogens (tertiary/aromatic N) is 2. The van der Waals surface area contributed by atoms with Crippen molar-refractivity contribution in [3.05, 3.63) is 53.5 Å². The van der Waals surface area contributed by atoms with E-state index in [1.807, 2.05) is 6.92 Å². The Labute approximate surface area is 138 Å². The first-order valence-corrected chi connectivity index (χ1v) is 7.84. The van der Waals surface area contributed by atoms with E-state index in [-0.39, 0.29) is 12.1 Å². The number of nitrogens with one attached hydrogen (secondary N) is 2. The number of halogens is 2. The van der Waals surface area contributed by atoms with Crippen LogP contribution in [0.15, 0.2) is 30.6 Å². The molecule has 1 aromatic heterocycles. The van der Waals surface area contributed by atoms with Gasteiger partial charge in [-0.05, 0) is 38.3 Å². The predicted octanol–water partition coefficient (Wildman–Crippen LogP) is 2.83. The number of rotatable bonds is 4. The maximum atomic E-state index is 13.7. The first-order valence-electron chi connectivity index (χ1n) is 7.84. The van der Waals surface area contributed by atoms with Crippen molar-refractivity contribution in [3.63, 3.8) is 0 Å². The van der Waals surface area contributed by atoms with Crippen molar-refractivity contribution < 1.29 is 13.6 Å². The minimum absolute atomic E-state index is 0.0548. The number of carbonyl (C=O) groups is 1. The van der Waals surface area contributed by atoms with Gasteiger partial charge in [0.2, 0.25) is 0 Å². The lowest BCUT2D eigenvalue weighted by Gasteiger charge is -2.22. The minimum Gasteiger partial charge on any atom is -0.364 e. The van der Waals surface area contributed by atoms with Crippen LogP contribution >= 0.6 is 0 Å². The van der Waals surface area contributed by atoms with Crippen molar-refractivity contribution >= 4 is 11.7 Å². The standard InChI is InChI=1S/C17H18F2N4O/c1-10-8-21-15(9-20-10)22-13-6-3-7-14(13)23-17(24)16-11(18)4-2-5-12(16)19/h2,4-5,8-9,13-14H,3,6-7H2,1H3,(H,21,22)(H,23,24)/t13-,14-/m0/s1. The number of hydrogen-bond acceptors (Lipinski definition) is 4. The number of amides is 1. The van der Waals surface area contributed by atoms with E-state index in [4.69, 9.17) is 0 Å². The van der Waals surface area contributed by atoms with Crippen LogP contribution in [0, 0.1) is 18.6 Å². The molecular weight excluding hydrogens is 314 g/mol. The van der Waals surface area contributed by atoms with E-state index in [0.29, 0.717) is 5.82 Å². The molecule has 2 N–H and O–H groups in total. The summed E-state index contributed by atoms with van der Waals surface area (Å²) >= 11 is 0. The molecule has 1 amide bonds. The van der Waals surface area contributed by atoms with Crippen molar-refractivity contribution in [2.45, 2.75) is 38.3 Å². The minimum atomic E-state index is -0.862. The summed E-state index contributed by atoms with van der Waals surface area (Å²) in [6.45, 7) is 1.85. The van der Waals surface area contributed by atoms with Gasteiger partial charge in [-0.15, -0.1) is 0 Å². The van der Waals surface area contributed by atoms with Gasteiger partial charge in [-0.2, -0.15) is 0 Å². The number of hydrogen-bond donors (Lipinski definition) is 2. The first-order chi connectivity index (χ1) is 11.5. The Balaban J connectivity index is 1.69. The van der Waals surface area contributed by atoms with Crippen LogP contribution in [0.1, 0.15) is 35.3 Å². The molecule has 5 nitrogen and oxygen atoms in total. The summed E-state index contributed by atoms with van der Waals surface area (Å²) in [6, 6.07) is 3.10. The number of aryl methyl sites for hydroxylation is 1. The average Bonchev–Trinajstić information content (AvgIpc) is 2.96. The molecule has 1 heterocycles. The molecule has 1 aliphatic carbocycles. The van der Waals surface area contributed by atoms with Gasteiger partial charge in [-0.1, -0.05) is 6.07 Å².